The predicted octanol–water partition coefficient (Wildman–Crippen LogP) is 4.16. The van der Waals surface area contributed by atoms with Gasteiger partial charge in [0.1, 0.15) is 0 Å². The van der Waals surface area contributed by atoms with Crippen molar-refractivity contribution in [3.63, 3.8) is 0 Å². The molecule has 8 heteroatoms. The molecule has 2 unspecified atom stereocenters. The highest BCUT2D eigenvalue weighted by molar-refractivity contribution is 7.80. The van der Waals surface area contributed by atoms with Crippen molar-refractivity contribution in [2.24, 2.45) is 0 Å². The Kier molecular flexibility index (Phi) is 7.04. The predicted molar refractivity (Wildman–Crippen MR) is 143 cm³/mol. The highest BCUT2D eigenvalue weighted by atomic mass is 32.1. The number of nitrogens with zero attached hydrogens (tertiary/aromatic N) is 4. The molecule has 0 aliphatic carbocycles. The number of hydrogen-bond acceptors (Lipinski definition) is 5. The summed E-state index contributed by atoms with van der Waals surface area (Å²) in [5.74, 6) is 0. The van der Waals surface area contributed by atoms with E-state index in [0.717, 1.165) is 44.2 Å². The molecule has 2 aliphatic rings. The van der Waals surface area contributed by atoms with Crippen molar-refractivity contribution in [3.05, 3.63) is 77.4 Å². The number of benzene rings is 1. The van der Waals surface area contributed by atoms with Crippen LogP contribution in [0.25, 0.3) is 0 Å². The lowest BCUT2D eigenvalue weighted by atomic mass is 9.96. The van der Waals surface area contributed by atoms with Crippen LogP contribution in [0, 0.1) is 13.8 Å². The molecule has 0 saturated carbocycles. The van der Waals surface area contributed by atoms with Gasteiger partial charge in [-0.3, -0.25) is 4.98 Å². The molecule has 4 heterocycles. The number of rotatable bonds is 7. The van der Waals surface area contributed by atoms with E-state index < -0.39 is 0 Å². The number of anilines is 2. The van der Waals surface area contributed by atoms with E-state index in [1.54, 1.807) is 7.11 Å². The van der Waals surface area contributed by atoms with Crippen LogP contribution in [-0.2, 0) is 16.0 Å². The zero-order chi connectivity index (χ0) is 24.4. The third-order valence-electron chi connectivity index (χ3n) is 7.05. The van der Waals surface area contributed by atoms with E-state index in [0.29, 0.717) is 11.7 Å². The number of morpholine rings is 1. The molecule has 5 rings (SSSR count). The quantitative estimate of drug-likeness (QED) is 0.498. The maximum atomic E-state index is 5.92. The summed E-state index contributed by atoms with van der Waals surface area (Å²) in [6.45, 7) is 9.22. The fraction of sp³-hybridized carbons (Fsp3) is 0.407. The fourth-order valence-electron chi connectivity index (χ4n) is 5.25. The standard InChI is InChI=1S/C27H33N5O2S/c1-19-18-23(20(2)31(19)14-15-33-3)26-25(24-6-4-5-11-28-24)29-27(35)32(26)22-9-7-21(8-10-22)30-12-16-34-17-13-30/h4-11,18,25-26H,12-17H2,1-3H3,(H,29,35). The van der Waals surface area contributed by atoms with Crippen LogP contribution < -0.4 is 15.1 Å². The van der Waals surface area contributed by atoms with Gasteiger partial charge < -0.3 is 29.2 Å². The molecule has 2 atom stereocenters. The topological polar surface area (TPSA) is 54.8 Å². The largest absolute Gasteiger partial charge is 0.383 e. The first-order valence-electron chi connectivity index (χ1n) is 12.2. The van der Waals surface area contributed by atoms with Crippen molar-refractivity contribution >= 4 is 28.7 Å². The normalized spacial score (nSPS) is 20.4. The molecular formula is C27H33N5O2S. The molecule has 2 aliphatic heterocycles. The Morgan fingerprint density at radius 3 is 2.51 bits per heavy atom. The molecule has 2 aromatic heterocycles. The van der Waals surface area contributed by atoms with Gasteiger partial charge in [-0.2, -0.15) is 0 Å². The van der Waals surface area contributed by atoms with Crippen LogP contribution in [0.15, 0.2) is 54.7 Å². The van der Waals surface area contributed by atoms with Gasteiger partial charge in [0, 0.05) is 55.7 Å². The molecule has 3 aromatic rings. The number of aromatic nitrogens is 2. The Hall–Kier alpha value is -2.94. The monoisotopic (exact) mass is 491 g/mol. The molecule has 7 nitrogen and oxygen atoms in total. The van der Waals surface area contributed by atoms with Crippen molar-refractivity contribution in [2.75, 3.05) is 49.8 Å². The third kappa shape index (κ3) is 4.66. The van der Waals surface area contributed by atoms with Crippen molar-refractivity contribution in [1.82, 2.24) is 14.9 Å². The van der Waals surface area contributed by atoms with Crippen molar-refractivity contribution in [1.29, 1.82) is 0 Å². The number of aryl methyl sites for hydroxylation is 1. The Morgan fingerprint density at radius 2 is 1.83 bits per heavy atom. The molecule has 0 radical (unpaired) electrons. The van der Waals surface area contributed by atoms with Gasteiger partial charge in [-0.05, 0) is 74.1 Å². The van der Waals surface area contributed by atoms with Gasteiger partial charge in [-0.25, -0.2) is 0 Å². The first-order chi connectivity index (χ1) is 17.1. The zero-order valence-corrected chi connectivity index (χ0v) is 21.4. The summed E-state index contributed by atoms with van der Waals surface area (Å²) >= 11 is 5.92. The summed E-state index contributed by atoms with van der Waals surface area (Å²) in [4.78, 5) is 9.31. The first-order valence-corrected chi connectivity index (χ1v) is 12.6. The van der Waals surface area contributed by atoms with Crippen LogP contribution in [0.3, 0.4) is 0 Å². The lowest BCUT2D eigenvalue weighted by Gasteiger charge is -2.31. The molecule has 2 fully saturated rings. The Labute approximate surface area is 212 Å². The molecular weight excluding hydrogens is 458 g/mol. The van der Waals surface area contributed by atoms with Gasteiger partial charge >= 0.3 is 0 Å². The smallest absolute Gasteiger partial charge is 0.174 e. The summed E-state index contributed by atoms with van der Waals surface area (Å²) in [6, 6.07) is 17.0. The van der Waals surface area contributed by atoms with Crippen LogP contribution >= 0.6 is 12.2 Å². The van der Waals surface area contributed by atoms with Crippen LogP contribution in [0.2, 0.25) is 0 Å². The van der Waals surface area contributed by atoms with Crippen LogP contribution in [0.4, 0.5) is 11.4 Å². The van der Waals surface area contributed by atoms with Crippen molar-refractivity contribution in [2.45, 2.75) is 32.5 Å². The summed E-state index contributed by atoms with van der Waals surface area (Å²) < 4.78 is 13.2. The van der Waals surface area contributed by atoms with E-state index in [9.17, 15) is 0 Å². The second kappa shape index (κ2) is 10.4. The van der Waals surface area contributed by atoms with E-state index in [2.05, 4.69) is 74.9 Å². The molecule has 184 valence electrons. The van der Waals surface area contributed by atoms with Crippen molar-refractivity contribution < 1.29 is 9.47 Å². The third-order valence-corrected chi connectivity index (χ3v) is 7.37. The van der Waals surface area contributed by atoms with E-state index >= 15 is 0 Å². The Bertz CT molecular complexity index is 1160. The Balaban J connectivity index is 1.54. The molecule has 1 aromatic carbocycles. The lowest BCUT2D eigenvalue weighted by Crippen LogP contribution is -2.36. The van der Waals surface area contributed by atoms with Gasteiger partial charge in [-0.1, -0.05) is 6.07 Å². The molecule has 0 bridgehead atoms. The van der Waals surface area contributed by atoms with Gasteiger partial charge in [0.2, 0.25) is 0 Å². The lowest BCUT2D eigenvalue weighted by molar-refractivity contribution is 0.122. The van der Waals surface area contributed by atoms with Crippen LogP contribution in [-0.4, -0.2) is 54.7 Å². The second-order valence-electron chi connectivity index (χ2n) is 9.08. The molecule has 35 heavy (non-hydrogen) atoms. The Morgan fingerprint density at radius 1 is 1.09 bits per heavy atom. The number of methoxy groups -OCH3 is 1. The SMILES string of the molecule is COCCn1c(C)cc(C2C(c3ccccn3)NC(=S)N2c2ccc(N3CCOCC3)cc2)c1C. The second-order valence-corrected chi connectivity index (χ2v) is 9.47. The average Bonchev–Trinajstić information content (AvgIpc) is 3.38. The minimum absolute atomic E-state index is 0.0193. The number of hydrogen-bond donors (Lipinski definition) is 1. The summed E-state index contributed by atoms with van der Waals surface area (Å²) in [6.07, 6.45) is 1.85. The summed E-state index contributed by atoms with van der Waals surface area (Å²) in [7, 11) is 1.74. The minimum atomic E-state index is -0.0565. The molecule has 0 spiro atoms. The average molecular weight is 492 g/mol. The number of thiocarbonyl (C=S) groups is 1. The first kappa shape index (κ1) is 23.8. The maximum absolute atomic E-state index is 5.92. The fourth-order valence-corrected chi connectivity index (χ4v) is 5.59. The minimum Gasteiger partial charge on any atom is -0.383 e. The van der Waals surface area contributed by atoms with Gasteiger partial charge in [-0.15, -0.1) is 0 Å². The highest BCUT2D eigenvalue weighted by Gasteiger charge is 2.42. The van der Waals surface area contributed by atoms with Crippen LogP contribution in [0.1, 0.15) is 34.7 Å². The maximum Gasteiger partial charge on any atom is 0.174 e. The molecule has 0 amide bonds. The highest BCUT2D eigenvalue weighted by Crippen LogP contribution is 2.43. The number of nitrogens with one attached hydrogen (secondary N) is 1. The van der Waals surface area contributed by atoms with Gasteiger partial charge in [0.25, 0.3) is 0 Å². The van der Waals surface area contributed by atoms with Crippen LogP contribution in [0.5, 0.6) is 0 Å². The van der Waals surface area contributed by atoms with E-state index in [-0.39, 0.29) is 12.1 Å². The molecule has 2 saturated heterocycles. The van der Waals surface area contributed by atoms with E-state index in [1.165, 1.54) is 22.6 Å². The molecule has 1 N–H and O–H groups in total. The zero-order valence-electron chi connectivity index (χ0n) is 20.6. The van der Waals surface area contributed by atoms with E-state index in [4.69, 9.17) is 21.7 Å². The van der Waals surface area contributed by atoms with Gasteiger partial charge in [0.15, 0.2) is 5.11 Å². The van der Waals surface area contributed by atoms with Crippen molar-refractivity contribution in [3.8, 4) is 0 Å². The number of ether oxygens (including phenoxy) is 2. The summed E-state index contributed by atoms with van der Waals surface area (Å²) in [5, 5.41) is 4.29. The van der Waals surface area contributed by atoms with Gasteiger partial charge in [0.05, 0.1) is 37.6 Å². The van der Waals surface area contributed by atoms with E-state index in [1.807, 2.05) is 18.3 Å². The number of pyridine rings is 1. The summed E-state index contributed by atoms with van der Waals surface area (Å²) in [5.41, 5.74) is 6.96.